The summed E-state index contributed by atoms with van der Waals surface area (Å²) < 4.78 is 37.8. The molecule has 1 aromatic rings. The van der Waals surface area contributed by atoms with Crippen molar-refractivity contribution in [1.82, 2.24) is 0 Å². The number of allylic oxidation sites excluding steroid dienone is 3. The van der Waals surface area contributed by atoms with Crippen molar-refractivity contribution in [2.45, 2.75) is 124 Å². The molecular formula is C38H50O10. The molecule has 2 saturated heterocycles. The van der Waals surface area contributed by atoms with Gasteiger partial charge in [0.25, 0.3) is 0 Å². The fourth-order valence-corrected chi connectivity index (χ4v) is 10.4. The average molecular weight is 667 g/mol. The standard InChI is InChI=1S/C38H50O10/c1-10-19(3)34(41)47-28-16-27(45-22(6)39)36(7)18-44-31-32(36)37(28,8)26-15-29(40)46-25-14-24(23-12-13-43-17-23)21(5)30(25)38(26,9)33(31)48-35(42)20(4)11-2/h10-13,17,24-29,31-33,40H,14-16,18H2,1-9H3/b19-10+,20-11+/t24-,25+,26-,27-,28+,29?,31-,32?,33-,36-,37+,38-/m1/s1. The fourth-order valence-electron chi connectivity index (χ4n) is 10.4. The van der Waals surface area contributed by atoms with Crippen molar-refractivity contribution in [3.05, 3.63) is 58.6 Å². The molecule has 0 aromatic carbocycles. The number of esters is 3. The first kappa shape index (κ1) is 34.6. The van der Waals surface area contributed by atoms with E-state index >= 15 is 0 Å². The van der Waals surface area contributed by atoms with Crippen molar-refractivity contribution in [3.8, 4) is 0 Å². The molecular weight excluding hydrogens is 616 g/mol. The minimum absolute atomic E-state index is 0.0360. The molecule has 262 valence electrons. The van der Waals surface area contributed by atoms with Gasteiger partial charge in [0.05, 0.1) is 31.3 Å². The van der Waals surface area contributed by atoms with Crippen LogP contribution in [-0.2, 0) is 38.1 Å². The van der Waals surface area contributed by atoms with Gasteiger partial charge in [0.1, 0.15) is 18.3 Å². The highest BCUT2D eigenvalue weighted by molar-refractivity contribution is 5.88. The van der Waals surface area contributed by atoms with Crippen molar-refractivity contribution < 1.29 is 47.6 Å². The molecule has 2 aliphatic heterocycles. The van der Waals surface area contributed by atoms with Crippen LogP contribution in [0.5, 0.6) is 0 Å². The van der Waals surface area contributed by atoms with Crippen molar-refractivity contribution in [2.75, 3.05) is 6.61 Å². The van der Waals surface area contributed by atoms with E-state index in [-0.39, 0.29) is 31.3 Å². The maximum absolute atomic E-state index is 13.8. The van der Waals surface area contributed by atoms with Gasteiger partial charge >= 0.3 is 17.9 Å². The second kappa shape index (κ2) is 12.3. The van der Waals surface area contributed by atoms with Crippen LogP contribution in [0.15, 0.2) is 57.5 Å². The number of hydrogen-bond donors (Lipinski definition) is 1. The molecule has 0 amide bonds. The van der Waals surface area contributed by atoms with Gasteiger partial charge in [-0.05, 0) is 64.2 Å². The maximum Gasteiger partial charge on any atom is 0.333 e. The van der Waals surface area contributed by atoms with Crippen LogP contribution in [-0.4, -0.2) is 66.4 Å². The quantitative estimate of drug-likeness (QED) is 0.168. The van der Waals surface area contributed by atoms with Gasteiger partial charge in [-0.3, -0.25) is 4.79 Å². The smallest absolute Gasteiger partial charge is 0.333 e. The third-order valence-electron chi connectivity index (χ3n) is 12.8. The summed E-state index contributed by atoms with van der Waals surface area (Å²) in [5.41, 5.74) is 1.53. The highest BCUT2D eigenvalue weighted by Crippen LogP contribution is 2.72. The second-order valence-corrected chi connectivity index (χ2v) is 15.2. The number of furan rings is 1. The van der Waals surface area contributed by atoms with E-state index in [0.717, 1.165) is 16.7 Å². The normalized spacial score (nSPS) is 42.3. The fraction of sp³-hybridized carbons (Fsp3) is 0.658. The van der Waals surface area contributed by atoms with Crippen LogP contribution in [0, 0.1) is 28.1 Å². The molecule has 3 aliphatic carbocycles. The summed E-state index contributed by atoms with van der Waals surface area (Å²) in [5, 5.41) is 11.7. The van der Waals surface area contributed by atoms with Crippen LogP contribution in [0.4, 0.5) is 0 Å². The van der Waals surface area contributed by atoms with Crippen molar-refractivity contribution >= 4 is 17.9 Å². The third kappa shape index (κ3) is 5.04. The van der Waals surface area contributed by atoms with Crippen LogP contribution in [0.25, 0.3) is 0 Å². The number of aliphatic hydroxyl groups is 1. The van der Waals surface area contributed by atoms with Crippen molar-refractivity contribution in [2.24, 2.45) is 28.1 Å². The summed E-state index contributed by atoms with van der Waals surface area (Å²) in [5.74, 6) is -2.18. The average Bonchev–Trinajstić information content (AvgIpc) is 3.75. The van der Waals surface area contributed by atoms with Crippen LogP contribution < -0.4 is 0 Å². The summed E-state index contributed by atoms with van der Waals surface area (Å²) in [4.78, 5) is 39.8. The maximum atomic E-state index is 13.8. The van der Waals surface area contributed by atoms with Crippen LogP contribution in [0.3, 0.4) is 0 Å². The van der Waals surface area contributed by atoms with Gasteiger partial charge in [0.15, 0.2) is 6.29 Å². The lowest BCUT2D eigenvalue weighted by molar-refractivity contribution is -0.261. The zero-order chi connectivity index (χ0) is 34.9. The predicted octanol–water partition coefficient (Wildman–Crippen LogP) is 5.95. The van der Waals surface area contributed by atoms with E-state index in [4.69, 9.17) is 28.1 Å². The molecule has 2 unspecified atom stereocenters. The lowest BCUT2D eigenvalue weighted by Crippen LogP contribution is -2.72. The monoisotopic (exact) mass is 666 g/mol. The first-order valence-electron chi connectivity index (χ1n) is 17.2. The Labute approximate surface area is 282 Å². The Hall–Kier alpha value is -3.21. The molecule has 1 aromatic heterocycles. The second-order valence-electron chi connectivity index (χ2n) is 15.2. The van der Waals surface area contributed by atoms with E-state index < -0.39 is 76.9 Å². The Morgan fingerprint density at radius 2 is 1.60 bits per heavy atom. The summed E-state index contributed by atoms with van der Waals surface area (Å²) >= 11 is 0. The molecule has 4 fully saturated rings. The van der Waals surface area contributed by atoms with E-state index in [1.165, 1.54) is 6.92 Å². The molecule has 10 heteroatoms. The third-order valence-corrected chi connectivity index (χ3v) is 12.8. The van der Waals surface area contributed by atoms with E-state index in [0.29, 0.717) is 17.6 Å². The summed E-state index contributed by atoms with van der Waals surface area (Å²) in [7, 11) is 0. The zero-order valence-corrected chi connectivity index (χ0v) is 29.5. The Bertz CT molecular complexity index is 1550. The molecule has 12 atom stereocenters. The van der Waals surface area contributed by atoms with E-state index in [1.54, 1.807) is 52.4 Å². The SMILES string of the molecule is C/C=C(\C)C(=O)O[C@@H]1[C@@H]2OC[C@@]3(C)C2[C@](C)([C@@H](OC(=O)/C(C)=C/C)C[C@H]3OC(C)=O)[C@H]2CC(O)O[C@H]3C[C@@H](c4ccoc4)C(C)=C3[C@]12C. The predicted molar refractivity (Wildman–Crippen MR) is 174 cm³/mol. The molecule has 5 aliphatic rings. The zero-order valence-electron chi connectivity index (χ0n) is 29.5. The van der Waals surface area contributed by atoms with Gasteiger partial charge in [0.2, 0.25) is 0 Å². The first-order valence-corrected chi connectivity index (χ1v) is 17.2. The number of carbonyl (C=O) groups excluding carboxylic acids is 3. The number of fused-ring (bicyclic) bond motifs is 4. The Kier molecular flexibility index (Phi) is 8.87. The van der Waals surface area contributed by atoms with Crippen LogP contribution in [0.1, 0.15) is 93.1 Å². The minimum atomic E-state index is -1.14. The van der Waals surface area contributed by atoms with E-state index in [1.807, 2.05) is 6.07 Å². The molecule has 1 N–H and O–H groups in total. The summed E-state index contributed by atoms with van der Waals surface area (Å²) in [6.07, 6.45) is 3.50. The molecule has 48 heavy (non-hydrogen) atoms. The molecule has 0 spiro atoms. The molecule has 0 bridgehead atoms. The summed E-state index contributed by atoms with van der Waals surface area (Å²) in [6.45, 7) is 17.0. The van der Waals surface area contributed by atoms with E-state index in [9.17, 15) is 19.5 Å². The van der Waals surface area contributed by atoms with Gasteiger partial charge in [-0.1, -0.05) is 38.5 Å². The Morgan fingerprint density at radius 3 is 2.21 bits per heavy atom. The highest BCUT2D eigenvalue weighted by atomic mass is 16.6. The van der Waals surface area contributed by atoms with Gasteiger partial charge in [0, 0.05) is 59.0 Å². The number of rotatable bonds is 6. The Morgan fingerprint density at radius 1 is 0.938 bits per heavy atom. The number of aliphatic hydroxyl groups excluding tert-OH is 1. The lowest BCUT2D eigenvalue weighted by atomic mass is 9.39. The topological polar surface area (TPSA) is 131 Å². The van der Waals surface area contributed by atoms with Crippen molar-refractivity contribution in [3.63, 3.8) is 0 Å². The van der Waals surface area contributed by atoms with Crippen LogP contribution >= 0.6 is 0 Å². The lowest BCUT2D eigenvalue weighted by Gasteiger charge is -2.66. The molecule has 2 saturated carbocycles. The number of carbonyl (C=O) groups is 3. The first-order chi connectivity index (χ1) is 22.6. The van der Waals surface area contributed by atoms with Gasteiger partial charge in [-0.15, -0.1) is 0 Å². The van der Waals surface area contributed by atoms with Gasteiger partial charge in [-0.2, -0.15) is 0 Å². The summed E-state index contributed by atoms with van der Waals surface area (Å²) in [6, 6.07) is 1.95. The number of ether oxygens (including phenoxy) is 5. The van der Waals surface area contributed by atoms with Gasteiger partial charge in [-0.25, -0.2) is 9.59 Å². The molecule has 10 nitrogen and oxygen atoms in total. The molecule has 6 rings (SSSR count). The highest BCUT2D eigenvalue weighted by Gasteiger charge is 2.77. The molecule has 3 heterocycles. The Balaban J connectivity index is 1.61. The number of hydrogen-bond acceptors (Lipinski definition) is 10. The van der Waals surface area contributed by atoms with Crippen LogP contribution in [0.2, 0.25) is 0 Å². The van der Waals surface area contributed by atoms with Gasteiger partial charge < -0.3 is 33.2 Å². The molecule has 0 radical (unpaired) electrons. The minimum Gasteiger partial charge on any atom is -0.472 e. The van der Waals surface area contributed by atoms with E-state index in [2.05, 4.69) is 27.7 Å². The van der Waals surface area contributed by atoms with Crippen molar-refractivity contribution in [1.29, 1.82) is 0 Å². The largest absolute Gasteiger partial charge is 0.472 e.